The maximum atomic E-state index is 3.56. The van der Waals surface area contributed by atoms with Crippen molar-refractivity contribution in [3.63, 3.8) is 0 Å². The molecule has 1 nitrogen and oxygen atoms in total. The molecule has 0 saturated carbocycles. The summed E-state index contributed by atoms with van der Waals surface area (Å²) in [5.74, 6) is 0.805. The van der Waals surface area contributed by atoms with E-state index in [4.69, 9.17) is 0 Å². The van der Waals surface area contributed by atoms with E-state index in [0.717, 1.165) is 12.5 Å². The smallest absolute Gasteiger partial charge is 0.0330 e. The van der Waals surface area contributed by atoms with E-state index >= 15 is 0 Å². The molecule has 0 amide bonds. The number of thiophene rings is 1. The van der Waals surface area contributed by atoms with Crippen molar-refractivity contribution in [1.29, 1.82) is 0 Å². The Labute approximate surface area is 91.5 Å². The zero-order valence-corrected chi connectivity index (χ0v) is 10.2. The third-order valence-electron chi connectivity index (χ3n) is 2.73. The summed E-state index contributed by atoms with van der Waals surface area (Å²) in [7, 11) is 0. The number of nitrogens with one attached hydrogen (secondary N) is 1. The third kappa shape index (κ3) is 3.43. The predicted octanol–water partition coefficient (Wildman–Crippen LogP) is 3.83. The van der Waals surface area contributed by atoms with Gasteiger partial charge >= 0.3 is 0 Å². The van der Waals surface area contributed by atoms with Crippen LogP contribution in [0.4, 0.5) is 0 Å². The maximum Gasteiger partial charge on any atom is 0.0330 e. The molecule has 0 saturated heterocycles. The zero-order valence-electron chi connectivity index (χ0n) is 9.42. The highest BCUT2D eigenvalue weighted by molar-refractivity contribution is 7.07. The SMILES string of the molecule is CCNC(CC(C)CC)c1ccsc1. The first-order valence-electron chi connectivity index (χ1n) is 5.53. The summed E-state index contributed by atoms with van der Waals surface area (Å²) in [6.45, 7) is 7.82. The van der Waals surface area contributed by atoms with Crippen LogP contribution in [0.1, 0.15) is 45.2 Å². The molecular weight excluding hydrogens is 190 g/mol. The molecule has 2 heteroatoms. The minimum atomic E-state index is 0.557. The predicted molar refractivity (Wildman–Crippen MR) is 64.8 cm³/mol. The average Bonchev–Trinajstić information content (AvgIpc) is 2.69. The van der Waals surface area contributed by atoms with Crippen molar-refractivity contribution in [2.75, 3.05) is 6.54 Å². The van der Waals surface area contributed by atoms with Crippen molar-refractivity contribution in [3.8, 4) is 0 Å². The lowest BCUT2D eigenvalue weighted by molar-refractivity contribution is 0.409. The van der Waals surface area contributed by atoms with E-state index in [2.05, 4.69) is 42.9 Å². The van der Waals surface area contributed by atoms with Gasteiger partial charge < -0.3 is 5.32 Å². The van der Waals surface area contributed by atoms with E-state index in [0.29, 0.717) is 6.04 Å². The largest absolute Gasteiger partial charge is 0.310 e. The van der Waals surface area contributed by atoms with E-state index in [1.807, 2.05) is 0 Å². The first-order valence-corrected chi connectivity index (χ1v) is 6.47. The van der Waals surface area contributed by atoms with Crippen LogP contribution in [-0.2, 0) is 0 Å². The fourth-order valence-electron chi connectivity index (χ4n) is 1.63. The van der Waals surface area contributed by atoms with Gasteiger partial charge in [0.1, 0.15) is 0 Å². The molecule has 0 aliphatic rings. The van der Waals surface area contributed by atoms with Crippen LogP contribution in [0, 0.1) is 5.92 Å². The molecule has 1 N–H and O–H groups in total. The Morgan fingerprint density at radius 2 is 2.21 bits per heavy atom. The van der Waals surface area contributed by atoms with Gasteiger partial charge in [0.15, 0.2) is 0 Å². The molecule has 80 valence electrons. The van der Waals surface area contributed by atoms with Gasteiger partial charge in [0.25, 0.3) is 0 Å². The van der Waals surface area contributed by atoms with Crippen LogP contribution >= 0.6 is 11.3 Å². The van der Waals surface area contributed by atoms with Crippen molar-refractivity contribution in [3.05, 3.63) is 22.4 Å². The van der Waals surface area contributed by atoms with Gasteiger partial charge in [-0.05, 0) is 41.3 Å². The van der Waals surface area contributed by atoms with Gasteiger partial charge in [0, 0.05) is 6.04 Å². The molecular formula is C12H21NS. The second-order valence-electron chi connectivity index (χ2n) is 3.92. The summed E-state index contributed by atoms with van der Waals surface area (Å²) < 4.78 is 0. The standard InChI is InChI=1S/C12H21NS/c1-4-10(3)8-12(13-5-2)11-6-7-14-9-11/h6-7,9-10,12-13H,4-5,8H2,1-3H3. The number of rotatable bonds is 6. The van der Waals surface area contributed by atoms with E-state index < -0.39 is 0 Å². The van der Waals surface area contributed by atoms with Gasteiger partial charge in [-0.3, -0.25) is 0 Å². The van der Waals surface area contributed by atoms with Gasteiger partial charge in [0.05, 0.1) is 0 Å². The molecule has 1 heterocycles. The minimum Gasteiger partial charge on any atom is -0.310 e. The van der Waals surface area contributed by atoms with Crippen LogP contribution < -0.4 is 5.32 Å². The molecule has 2 atom stereocenters. The zero-order chi connectivity index (χ0) is 10.4. The lowest BCUT2D eigenvalue weighted by Crippen LogP contribution is -2.22. The first-order chi connectivity index (χ1) is 6.77. The van der Waals surface area contributed by atoms with Crippen molar-refractivity contribution >= 4 is 11.3 Å². The summed E-state index contributed by atoms with van der Waals surface area (Å²) >= 11 is 1.79. The van der Waals surface area contributed by atoms with Crippen LogP contribution in [0.5, 0.6) is 0 Å². The monoisotopic (exact) mass is 211 g/mol. The van der Waals surface area contributed by atoms with E-state index in [9.17, 15) is 0 Å². The summed E-state index contributed by atoms with van der Waals surface area (Å²) in [5.41, 5.74) is 1.46. The Bertz CT molecular complexity index is 230. The van der Waals surface area contributed by atoms with Crippen LogP contribution in [0.2, 0.25) is 0 Å². The van der Waals surface area contributed by atoms with Crippen molar-refractivity contribution in [2.24, 2.45) is 5.92 Å². The van der Waals surface area contributed by atoms with Crippen LogP contribution in [0.15, 0.2) is 16.8 Å². The lowest BCUT2D eigenvalue weighted by atomic mass is 9.96. The molecule has 1 rings (SSSR count). The van der Waals surface area contributed by atoms with E-state index in [1.54, 1.807) is 11.3 Å². The third-order valence-corrected chi connectivity index (χ3v) is 3.43. The molecule has 0 aromatic carbocycles. The summed E-state index contributed by atoms with van der Waals surface area (Å²) in [5, 5.41) is 7.98. The number of hydrogen-bond donors (Lipinski definition) is 1. The Morgan fingerprint density at radius 3 is 2.71 bits per heavy atom. The molecule has 14 heavy (non-hydrogen) atoms. The molecule has 0 spiro atoms. The molecule has 0 fully saturated rings. The van der Waals surface area contributed by atoms with Crippen molar-refractivity contribution < 1.29 is 0 Å². The molecule has 0 aliphatic heterocycles. The maximum absolute atomic E-state index is 3.56. The molecule has 1 aromatic rings. The summed E-state index contributed by atoms with van der Waals surface area (Å²) in [6.07, 6.45) is 2.52. The van der Waals surface area contributed by atoms with Crippen LogP contribution in [-0.4, -0.2) is 6.54 Å². The number of hydrogen-bond acceptors (Lipinski definition) is 2. The van der Waals surface area contributed by atoms with Crippen LogP contribution in [0.3, 0.4) is 0 Å². The topological polar surface area (TPSA) is 12.0 Å². The van der Waals surface area contributed by atoms with E-state index in [-0.39, 0.29) is 0 Å². The highest BCUT2D eigenvalue weighted by Gasteiger charge is 2.13. The highest BCUT2D eigenvalue weighted by atomic mass is 32.1. The van der Waals surface area contributed by atoms with Crippen molar-refractivity contribution in [1.82, 2.24) is 5.32 Å². The van der Waals surface area contributed by atoms with Crippen LogP contribution in [0.25, 0.3) is 0 Å². The molecule has 0 aliphatic carbocycles. The normalized spacial score (nSPS) is 15.4. The fourth-order valence-corrected chi connectivity index (χ4v) is 2.34. The van der Waals surface area contributed by atoms with Gasteiger partial charge in [-0.2, -0.15) is 11.3 Å². The Hall–Kier alpha value is -0.340. The molecule has 0 radical (unpaired) electrons. The Kier molecular flexibility index (Phi) is 5.20. The molecule has 2 unspecified atom stereocenters. The van der Waals surface area contributed by atoms with Gasteiger partial charge in [0.2, 0.25) is 0 Å². The fraction of sp³-hybridized carbons (Fsp3) is 0.667. The first kappa shape index (κ1) is 11.7. The van der Waals surface area contributed by atoms with Crippen molar-refractivity contribution in [2.45, 2.75) is 39.7 Å². The minimum absolute atomic E-state index is 0.557. The Balaban J connectivity index is 2.55. The Morgan fingerprint density at radius 1 is 1.43 bits per heavy atom. The quantitative estimate of drug-likeness (QED) is 0.754. The van der Waals surface area contributed by atoms with Gasteiger partial charge in [-0.25, -0.2) is 0 Å². The van der Waals surface area contributed by atoms with Gasteiger partial charge in [-0.15, -0.1) is 0 Å². The summed E-state index contributed by atoms with van der Waals surface area (Å²) in [6, 6.07) is 2.79. The molecule has 1 aromatic heterocycles. The average molecular weight is 211 g/mol. The second-order valence-corrected chi connectivity index (χ2v) is 4.70. The highest BCUT2D eigenvalue weighted by Crippen LogP contribution is 2.24. The summed E-state index contributed by atoms with van der Waals surface area (Å²) in [4.78, 5) is 0. The van der Waals surface area contributed by atoms with E-state index in [1.165, 1.54) is 18.4 Å². The second kappa shape index (κ2) is 6.20. The molecule has 0 bridgehead atoms. The van der Waals surface area contributed by atoms with Gasteiger partial charge in [-0.1, -0.05) is 27.2 Å². The lowest BCUT2D eigenvalue weighted by Gasteiger charge is -2.20.